The van der Waals surface area contributed by atoms with Crippen LogP contribution in [0.5, 0.6) is 5.75 Å². The highest BCUT2D eigenvalue weighted by atomic mass is 19.1. The topological polar surface area (TPSA) is 63.2 Å². The van der Waals surface area contributed by atoms with E-state index in [0.29, 0.717) is 6.42 Å². The van der Waals surface area contributed by atoms with Gasteiger partial charge in [-0.3, -0.25) is 0 Å². The lowest BCUT2D eigenvalue weighted by Gasteiger charge is -2.47. The Morgan fingerprint density at radius 1 is 1.20 bits per heavy atom. The van der Waals surface area contributed by atoms with Crippen LogP contribution >= 0.6 is 0 Å². The molecule has 2 aliphatic rings. The normalized spacial score (nSPS) is 20.2. The zero-order valence-corrected chi connectivity index (χ0v) is 13.4. The molecule has 0 saturated heterocycles. The molecule has 2 heterocycles. The second kappa shape index (κ2) is 5.98. The molecule has 1 unspecified atom stereocenters. The summed E-state index contributed by atoms with van der Waals surface area (Å²) in [6.45, 7) is 0. The highest BCUT2D eigenvalue weighted by Crippen LogP contribution is 2.48. The summed E-state index contributed by atoms with van der Waals surface area (Å²) in [5, 5.41) is 5.25. The lowest BCUT2D eigenvalue weighted by Crippen LogP contribution is -2.50. The summed E-state index contributed by atoms with van der Waals surface area (Å²) in [7, 11) is 0. The molecule has 1 spiro atoms. The van der Waals surface area contributed by atoms with E-state index >= 15 is 0 Å². The number of carbonyl (C=O) groups is 1. The highest BCUT2D eigenvalue weighted by molar-refractivity contribution is 5.89. The van der Waals surface area contributed by atoms with E-state index in [1.54, 1.807) is 0 Å². The molecule has 7 heteroatoms. The van der Waals surface area contributed by atoms with Gasteiger partial charge >= 0.3 is 6.03 Å². The Morgan fingerprint density at radius 3 is 2.72 bits per heavy atom. The number of benzene rings is 1. The molecule has 2 N–H and O–H groups in total. The third-order valence-corrected chi connectivity index (χ3v) is 4.83. The van der Waals surface area contributed by atoms with Gasteiger partial charge in [0.1, 0.15) is 11.4 Å². The molecule has 1 aliphatic carbocycles. The van der Waals surface area contributed by atoms with Gasteiger partial charge in [0.15, 0.2) is 0 Å². The molecule has 1 aliphatic heterocycles. The molecule has 0 radical (unpaired) electrons. The minimum Gasteiger partial charge on any atom is -0.487 e. The van der Waals surface area contributed by atoms with Gasteiger partial charge in [-0.1, -0.05) is 18.2 Å². The zero-order chi connectivity index (χ0) is 17.4. The largest absolute Gasteiger partial charge is 0.487 e. The van der Waals surface area contributed by atoms with Gasteiger partial charge in [0.2, 0.25) is 11.9 Å². The fraction of sp³-hybridized carbons (Fsp3) is 0.333. The smallest absolute Gasteiger partial charge is 0.319 e. The van der Waals surface area contributed by atoms with Gasteiger partial charge in [0, 0.05) is 12.0 Å². The Hall–Kier alpha value is -2.70. The lowest BCUT2D eigenvalue weighted by molar-refractivity contribution is -0.0354. The number of hydrogen-bond donors (Lipinski definition) is 2. The van der Waals surface area contributed by atoms with Gasteiger partial charge < -0.3 is 15.4 Å². The van der Waals surface area contributed by atoms with E-state index in [4.69, 9.17) is 4.74 Å². The van der Waals surface area contributed by atoms with Crippen LogP contribution in [-0.4, -0.2) is 16.6 Å². The number of pyridine rings is 1. The Labute approximate surface area is 143 Å². The maximum atomic E-state index is 13.6. The van der Waals surface area contributed by atoms with Crippen LogP contribution in [0.3, 0.4) is 0 Å². The van der Waals surface area contributed by atoms with Crippen LogP contribution in [0.4, 0.5) is 19.3 Å². The summed E-state index contributed by atoms with van der Waals surface area (Å²) in [6.07, 6.45) is 3.68. The summed E-state index contributed by atoms with van der Waals surface area (Å²) in [6, 6.07) is 8.92. The third-order valence-electron chi connectivity index (χ3n) is 4.83. The van der Waals surface area contributed by atoms with Crippen LogP contribution < -0.4 is 15.4 Å². The van der Waals surface area contributed by atoms with Gasteiger partial charge in [0.05, 0.1) is 11.7 Å². The number of amides is 2. The highest BCUT2D eigenvalue weighted by Gasteiger charge is 2.45. The van der Waals surface area contributed by atoms with Gasteiger partial charge in [-0.25, -0.2) is 4.79 Å². The maximum Gasteiger partial charge on any atom is 0.319 e. The number of ether oxygens (including phenoxy) is 1. The molecule has 1 aromatic carbocycles. The first-order valence-electron chi connectivity index (χ1n) is 8.22. The van der Waals surface area contributed by atoms with Crippen LogP contribution in [0, 0.1) is 11.9 Å². The fourth-order valence-corrected chi connectivity index (χ4v) is 3.45. The van der Waals surface area contributed by atoms with Gasteiger partial charge in [-0.15, -0.1) is 0 Å². The van der Waals surface area contributed by atoms with Crippen molar-refractivity contribution in [3.8, 4) is 5.75 Å². The monoisotopic (exact) mass is 345 g/mol. The molecule has 1 aromatic heterocycles. The molecule has 2 amide bonds. The van der Waals surface area contributed by atoms with E-state index in [1.165, 1.54) is 0 Å². The van der Waals surface area contributed by atoms with E-state index in [1.807, 2.05) is 24.3 Å². The number of aromatic nitrogens is 1. The summed E-state index contributed by atoms with van der Waals surface area (Å²) in [4.78, 5) is 15.4. The maximum absolute atomic E-state index is 13.6. The average molecular weight is 345 g/mol. The first kappa shape index (κ1) is 15.8. The number of nitrogens with one attached hydrogen (secondary N) is 2. The van der Waals surface area contributed by atoms with Crippen molar-refractivity contribution in [3.05, 3.63) is 53.9 Å². The van der Waals surface area contributed by atoms with Crippen molar-refractivity contribution in [1.29, 1.82) is 0 Å². The number of carbonyl (C=O) groups excluding carboxylic acids is 1. The number of rotatable bonds is 2. The predicted octanol–water partition coefficient (Wildman–Crippen LogP) is 3.93. The number of hydrogen-bond acceptors (Lipinski definition) is 3. The molecule has 130 valence electrons. The number of para-hydroxylation sites is 1. The van der Waals surface area contributed by atoms with E-state index < -0.39 is 17.9 Å². The molecule has 5 nitrogen and oxygen atoms in total. The molecule has 1 saturated carbocycles. The second-order valence-corrected chi connectivity index (χ2v) is 6.50. The van der Waals surface area contributed by atoms with Crippen molar-refractivity contribution in [2.24, 2.45) is 0 Å². The van der Waals surface area contributed by atoms with E-state index in [9.17, 15) is 13.6 Å². The van der Waals surface area contributed by atoms with Crippen molar-refractivity contribution in [1.82, 2.24) is 10.3 Å². The van der Waals surface area contributed by atoms with Crippen molar-refractivity contribution in [2.75, 3.05) is 5.32 Å². The molecule has 4 rings (SSSR count). The Balaban J connectivity index is 1.52. The predicted molar refractivity (Wildman–Crippen MR) is 87.3 cm³/mol. The molecule has 0 bridgehead atoms. The van der Waals surface area contributed by atoms with Gasteiger partial charge in [-0.2, -0.15) is 13.8 Å². The minimum absolute atomic E-state index is 0.169. The first-order chi connectivity index (χ1) is 12.0. The zero-order valence-electron chi connectivity index (χ0n) is 13.4. The first-order valence-corrected chi connectivity index (χ1v) is 8.22. The second-order valence-electron chi connectivity index (χ2n) is 6.50. The summed E-state index contributed by atoms with van der Waals surface area (Å²) in [5.74, 6) is -1.22. The van der Waals surface area contributed by atoms with Gasteiger partial charge in [-0.05, 0) is 37.5 Å². The van der Waals surface area contributed by atoms with Crippen LogP contribution in [0.25, 0.3) is 0 Å². The van der Waals surface area contributed by atoms with Crippen LogP contribution in [0.15, 0.2) is 36.4 Å². The molecular formula is C18H17F2N3O2. The van der Waals surface area contributed by atoms with E-state index in [-0.39, 0.29) is 17.3 Å². The standard InChI is InChI=1S/C18H17F2N3O2/c19-15-7-6-12(16(20)23-15)21-17(24)22-13-10-18(8-3-9-18)25-14-5-2-1-4-11(13)14/h1-2,4-7,13H,3,8-10H2,(H2,21,22,24). The average Bonchev–Trinajstić information content (AvgIpc) is 2.56. The van der Waals surface area contributed by atoms with E-state index in [0.717, 1.165) is 42.7 Å². The third kappa shape index (κ3) is 3.01. The van der Waals surface area contributed by atoms with Crippen molar-refractivity contribution < 1.29 is 18.3 Å². The molecule has 25 heavy (non-hydrogen) atoms. The lowest BCUT2D eigenvalue weighted by atomic mass is 9.73. The number of nitrogens with zero attached hydrogens (tertiary/aromatic N) is 1. The Kier molecular flexibility index (Phi) is 3.78. The van der Waals surface area contributed by atoms with Crippen LogP contribution in [-0.2, 0) is 0 Å². The SMILES string of the molecule is O=C(Nc1ccc(F)nc1F)NC1CC2(CCC2)Oc2ccccc21. The Bertz CT molecular complexity index is 824. The minimum atomic E-state index is -1.06. The fourth-order valence-electron chi connectivity index (χ4n) is 3.45. The van der Waals surface area contributed by atoms with Gasteiger partial charge in [0.25, 0.3) is 0 Å². The number of fused-ring (bicyclic) bond motifs is 1. The van der Waals surface area contributed by atoms with Crippen molar-refractivity contribution in [3.63, 3.8) is 0 Å². The summed E-state index contributed by atoms with van der Waals surface area (Å²) in [5.41, 5.74) is 0.500. The van der Waals surface area contributed by atoms with Crippen LogP contribution in [0.1, 0.15) is 37.3 Å². The summed E-state index contributed by atoms with van der Waals surface area (Å²) < 4.78 is 32.6. The number of halogens is 2. The van der Waals surface area contributed by atoms with Crippen molar-refractivity contribution in [2.45, 2.75) is 37.3 Å². The number of anilines is 1. The number of urea groups is 1. The van der Waals surface area contributed by atoms with Crippen LogP contribution in [0.2, 0.25) is 0 Å². The Morgan fingerprint density at radius 2 is 2.00 bits per heavy atom. The quantitative estimate of drug-likeness (QED) is 0.811. The molecule has 1 fully saturated rings. The van der Waals surface area contributed by atoms with E-state index in [2.05, 4.69) is 15.6 Å². The molecule has 1 atom stereocenters. The van der Waals surface area contributed by atoms with Crippen molar-refractivity contribution >= 4 is 11.7 Å². The summed E-state index contributed by atoms with van der Waals surface area (Å²) >= 11 is 0. The molecular weight excluding hydrogens is 328 g/mol. The molecule has 2 aromatic rings.